The topological polar surface area (TPSA) is 21.3 Å². The van der Waals surface area contributed by atoms with Gasteiger partial charge < -0.3 is 10.1 Å². The van der Waals surface area contributed by atoms with Gasteiger partial charge in [-0.2, -0.15) is 0 Å². The summed E-state index contributed by atoms with van der Waals surface area (Å²) in [6.07, 6.45) is 2.71. The maximum Gasteiger partial charge on any atom is 0.0613 e. The molecule has 0 spiro atoms. The highest BCUT2D eigenvalue weighted by Gasteiger charge is 2.25. The Kier molecular flexibility index (Phi) is 4.78. The molecule has 0 amide bonds. The monoisotopic (exact) mass is 203 g/mol. The molecule has 1 saturated heterocycles. The van der Waals surface area contributed by atoms with Crippen LogP contribution in [-0.2, 0) is 4.74 Å². The van der Waals surface area contributed by atoms with Crippen LogP contribution < -0.4 is 5.32 Å². The maximum absolute atomic E-state index is 5.65. The van der Waals surface area contributed by atoms with Crippen LogP contribution in [0.15, 0.2) is 11.6 Å². The first-order chi connectivity index (χ1) is 6.24. The first-order valence-corrected chi connectivity index (χ1v) is 5.27. The minimum atomic E-state index is 0.441. The van der Waals surface area contributed by atoms with E-state index < -0.39 is 0 Å². The van der Waals surface area contributed by atoms with E-state index in [4.69, 9.17) is 16.3 Å². The Bertz CT molecular complexity index is 172. The summed E-state index contributed by atoms with van der Waals surface area (Å²) in [7, 11) is 0. The van der Waals surface area contributed by atoms with Crippen LogP contribution in [0.1, 0.15) is 19.8 Å². The van der Waals surface area contributed by atoms with Gasteiger partial charge in [0.15, 0.2) is 0 Å². The lowest BCUT2D eigenvalue weighted by Gasteiger charge is -2.16. The molecule has 2 nitrogen and oxygen atoms in total. The van der Waals surface area contributed by atoms with Crippen molar-refractivity contribution >= 4 is 11.6 Å². The zero-order valence-electron chi connectivity index (χ0n) is 8.18. The number of hydrogen-bond acceptors (Lipinski definition) is 2. The number of hydrogen-bond donors (Lipinski definition) is 1. The molecule has 3 heteroatoms. The Morgan fingerprint density at radius 2 is 2.46 bits per heavy atom. The summed E-state index contributed by atoms with van der Waals surface area (Å²) in [6.45, 7) is 8.40. The molecule has 1 heterocycles. The standard InChI is InChI=1S/C10H18ClNO/c1-3-10-9(4-5-13-10)7-12-6-8(2)11/h9-10,12H,2-7H2,1H3. The Balaban J connectivity index is 2.16. The van der Waals surface area contributed by atoms with Crippen LogP contribution >= 0.6 is 11.6 Å². The van der Waals surface area contributed by atoms with Gasteiger partial charge in [0.2, 0.25) is 0 Å². The molecule has 0 saturated carbocycles. The number of rotatable bonds is 5. The molecule has 0 aliphatic carbocycles. The van der Waals surface area contributed by atoms with Crippen LogP contribution in [0.5, 0.6) is 0 Å². The van der Waals surface area contributed by atoms with Crippen molar-refractivity contribution in [1.82, 2.24) is 5.32 Å². The zero-order chi connectivity index (χ0) is 9.68. The molecular weight excluding hydrogens is 186 g/mol. The predicted molar refractivity (Wildman–Crippen MR) is 56.0 cm³/mol. The molecule has 2 atom stereocenters. The molecule has 1 fully saturated rings. The molecular formula is C10H18ClNO. The first-order valence-electron chi connectivity index (χ1n) is 4.89. The van der Waals surface area contributed by atoms with Gasteiger partial charge in [0, 0.05) is 24.7 Å². The van der Waals surface area contributed by atoms with Crippen LogP contribution in [0.25, 0.3) is 0 Å². The van der Waals surface area contributed by atoms with Crippen LogP contribution in [0.4, 0.5) is 0 Å². The number of nitrogens with one attached hydrogen (secondary N) is 1. The highest BCUT2D eigenvalue weighted by molar-refractivity contribution is 6.29. The van der Waals surface area contributed by atoms with Crippen LogP contribution in [0.3, 0.4) is 0 Å². The summed E-state index contributed by atoms with van der Waals surface area (Å²) in [5.41, 5.74) is 0. The lowest BCUT2D eigenvalue weighted by atomic mass is 10.00. The van der Waals surface area contributed by atoms with Gasteiger partial charge in [-0.3, -0.25) is 0 Å². The van der Waals surface area contributed by atoms with E-state index in [2.05, 4.69) is 18.8 Å². The van der Waals surface area contributed by atoms with Crippen molar-refractivity contribution in [2.45, 2.75) is 25.9 Å². The maximum atomic E-state index is 5.65. The van der Waals surface area contributed by atoms with E-state index in [-0.39, 0.29) is 0 Å². The summed E-state index contributed by atoms with van der Waals surface area (Å²) in [5.74, 6) is 0.654. The normalized spacial score (nSPS) is 27.8. The molecule has 0 radical (unpaired) electrons. The van der Waals surface area contributed by atoms with E-state index in [1.54, 1.807) is 0 Å². The minimum absolute atomic E-state index is 0.441. The van der Waals surface area contributed by atoms with E-state index in [0.717, 1.165) is 19.6 Å². The summed E-state index contributed by atoms with van der Waals surface area (Å²) in [6, 6.07) is 0. The molecule has 76 valence electrons. The average molecular weight is 204 g/mol. The van der Waals surface area contributed by atoms with Crippen molar-refractivity contribution in [1.29, 1.82) is 0 Å². The van der Waals surface area contributed by atoms with Crippen molar-refractivity contribution in [2.24, 2.45) is 5.92 Å². The van der Waals surface area contributed by atoms with Crippen LogP contribution in [0, 0.1) is 5.92 Å². The van der Waals surface area contributed by atoms with Crippen molar-refractivity contribution < 1.29 is 4.74 Å². The summed E-state index contributed by atoms with van der Waals surface area (Å²) in [5, 5.41) is 3.95. The third kappa shape index (κ3) is 3.67. The lowest BCUT2D eigenvalue weighted by Crippen LogP contribution is -2.28. The summed E-state index contributed by atoms with van der Waals surface area (Å²) < 4.78 is 5.58. The average Bonchev–Trinajstić information content (AvgIpc) is 2.51. The quantitative estimate of drug-likeness (QED) is 0.740. The van der Waals surface area contributed by atoms with E-state index in [9.17, 15) is 0 Å². The fourth-order valence-corrected chi connectivity index (χ4v) is 1.87. The van der Waals surface area contributed by atoms with E-state index >= 15 is 0 Å². The third-order valence-electron chi connectivity index (χ3n) is 2.47. The van der Waals surface area contributed by atoms with Crippen molar-refractivity contribution in [3.63, 3.8) is 0 Å². The van der Waals surface area contributed by atoms with Gasteiger partial charge >= 0.3 is 0 Å². The van der Waals surface area contributed by atoms with Gasteiger partial charge in [0.05, 0.1) is 6.10 Å². The van der Waals surface area contributed by atoms with Crippen molar-refractivity contribution in [3.8, 4) is 0 Å². The van der Waals surface area contributed by atoms with Crippen molar-refractivity contribution in [2.75, 3.05) is 19.7 Å². The second-order valence-corrected chi connectivity index (χ2v) is 4.05. The smallest absolute Gasteiger partial charge is 0.0613 e. The second kappa shape index (κ2) is 5.63. The molecule has 1 aliphatic heterocycles. The highest BCUT2D eigenvalue weighted by Crippen LogP contribution is 2.22. The number of halogens is 1. The van der Waals surface area contributed by atoms with E-state index in [1.807, 2.05) is 0 Å². The lowest BCUT2D eigenvalue weighted by molar-refractivity contribution is 0.0875. The Morgan fingerprint density at radius 3 is 3.08 bits per heavy atom. The van der Waals surface area contributed by atoms with Gasteiger partial charge in [-0.15, -0.1) is 0 Å². The Hall–Kier alpha value is -0.0500. The second-order valence-electron chi connectivity index (χ2n) is 3.51. The van der Waals surface area contributed by atoms with Gasteiger partial charge in [-0.05, 0) is 18.8 Å². The van der Waals surface area contributed by atoms with Crippen LogP contribution in [0.2, 0.25) is 0 Å². The van der Waals surface area contributed by atoms with E-state index in [0.29, 0.717) is 23.6 Å². The SMILES string of the molecule is C=C(Cl)CNCC1CCOC1CC. The first kappa shape index (κ1) is 11.0. The highest BCUT2D eigenvalue weighted by atomic mass is 35.5. The molecule has 0 aromatic heterocycles. The molecule has 1 aliphatic rings. The molecule has 0 aromatic rings. The number of ether oxygens (including phenoxy) is 1. The Labute approximate surface area is 85.3 Å². The van der Waals surface area contributed by atoms with Crippen molar-refractivity contribution in [3.05, 3.63) is 11.6 Å². The molecule has 0 bridgehead atoms. The van der Waals surface area contributed by atoms with Crippen LogP contribution in [-0.4, -0.2) is 25.8 Å². The minimum Gasteiger partial charge on any atom is -0.378 e. The predicted octanol–water partition coefficient (Wildman–Crippen LogP) is 2.14. The fourth-order valence-electron chi connectivity index (χ4n) is 1.77. The molecule has 13 heavy (non-hydrogen) atoms. The fraction of sp³-hybridized carbons (Fsp3) is 0.800. The van der Waals surface area contributed by atoms with Gasteiger partial charge in [0.25, 0.3) is 0 Å². The summed E-state index contributed by atoms with van der Waals surface area (Å²) >= 11 is 5.65. The molecule has 0 aromatic carbocycles. The zero-order valence-corrected chi connectivity index (χ0v) is 8.94. The van der Waals surface area contributed by atoms with Gasteiger partial charge in [0.1, 0.15) is 0 Å². The van der Waals surface area contributed by atoms with E-state index in [1.165, 1.54) is 6.42 Å². The summed E-state index contributed by atoms with van der Waals surface area (Å²) in [4.78, 5) is 0. The molecule has 1 rings (SSSR count). The van der Waals surface area contributed by atoms with Gasteiger partial charge in [-0.1, -0.05) is 25.1 Å². The molecule has 2 unspecified atom stereocenters. The third-order valence-corrected chi connectivity index (χ3v) is 2.61. The largest absolute Gasteiger partial charge is 0.378 e. The molecule has 1 N–H and O–H groups in total. The Morgan fingerprint density at radius 1 is 1.69 bits per heavy atom. The van der Waals surface area contributed by atoms with Gasteiger partial charge in [-0.25, -0.2) is 0 Å².